The van der Waals surface area contributed by atoms with Crippen molar-refractivity contribution in [3.63, 3.8) is 0 Å². The first-order chi connectivity index (χ1) is 8.77. The zero-order valence-corrected chi connectivity index (χ0v) is 10.2. The normalized spacial score (nSPS) is 12.7. The molecule has 7 nitrogen and oxygen atoms in total. The van der Waals surface area contributed by atoms with E-state index in [4.69, 9.17) is 5.84 Å². The van der Waals surface area contributed by atoms with Crippen LogP contribution in [0.5, 0.6) is 0 Å². The predicted molar refractivity (Wildman–Crippen MR) is 62.0 cm³/mol. The maximum absolute atomic E-state index is 12.5. The van der Waals surface area contributed by atoms with E-state index in [1.807, 2.05) is 5.43 Å². The first kappa shape index (κ1) is 15.0. The quantitative estimate of drug-likeness (QED) is 0.467. The molecule has 1 atom stereocenters. The van der Waals surface area contributed by atoms with Crippen molar-refractivity contribution in [3.05, 3.63) is 11.9 Å². The number of nitrogens with zero attached hydrogens (tertiary/aromatic N) is 2. The van der Waals surface area contributed by atoms with Crippen molar-refractivity contribution >= 4 is 17.5 Å². The summed E-state index contributed by atoms with van der Waals surface area (Å²) in [6.45, 7) is 1.48. The summed E-state index contributed by atoms with van der Waals surface area (Å²) in [4.78, 5) is 17.7. The summed E-state index contributed by atoms with van der Waals surface area (Å²) in [5.74, 6) is 2.91. The highest BCUT2D eigenvalue weighted by atomic mass is 19.4. The minimum absolute atomic E-state index is 0.161. The van der Waals surface area contributed by atoms with Gasteiger partial charge in [-0.1, -0.05) is 0 Å². The number of hydrazine groups is 1. The molecule has 0 bridgehead atoms. The minimum Gasteiger partial charge on any atom is -0.358 e. The van der Waals surface area contributed by atoms with Crippen molar-refractivity contribution in [1.29, 1.82) is 0 Å². The molecule has 0 saturated carbocycles. The highest BCUT2D eigenvalue weighted by Gasteiger charge is 2.35. The second-order valence-corrected chi connectivity index (χ2v) is 3.58. The summed E-state index contributed by atoms with van der Waals surface area (Å²) in [5.41, 5.74) is 2.00. The molecule has 0 fully saturated rings. The monoisotopic (exact) mass is 278 g/mol. The summed E-state index contributed by atoms with van der Waals surface area (Å²) in [6.07, 6.45) is -4.71. The summed E-state index contributed by atoms with van der Waals surface area (Å²) in [6, 6.07) is 0.404. The van der Waals surface area contributed by atoms with Gasteiger partial charge in [-0.2, -0.15) is 13.2 Å². The topological polar surface area (TPSA) is 105 Å². The second kappa shape index (κ2) is 5.69. The number of nitrogen functional groups attached to an aromatic ring is 1. The lowest BCUT2D eigenvalue weighted by Crippen LogP contribution is -2.35. The predicted octanol–water partition coefficient (Wildman–Crippen LogP) is 0.327. The molecule has 0 aliphatic heterocycles. The Balaban J connectivity index is 3.04. The molecule has 0 radical (unpaired) electrons. The zero-order valence-electron chi connectivity index (χ0n) is 10.2. The van der Waals surface area contributed by atoms with E-state index in [9.17, 15) is 18.0 Å². The average molecular weight is 278 g/mol. The molecule has 1 amide bonds. The van der Waals surface area contributed by atoms with Crippen molar-refractivity contribution in [2.75, 3.05) is 17.8 Å². The van der Waals surface area contributed by atoms with E-state index in [1.54, 1.807) is 0 Å². The Hall–Kier alpha value is -2.10. The van der Waals surface area contributed by atoms with Crippen LogP contribution in [0.2, 0.25) is 0 Å². The highest BCUT2D eigenvalue weighted by molar-refractivity contribution is 5.83. The van der Waals surface area contributed by atoms with E-state index in [0.29, 0.717) is 0 Å². The Bertz CT molecular complexity index is 464. The molecule has 0 aliphatic rings. The number of alkyl halides is 3. The van der Waals surface area contributed by atoms with Crippen molar-refractivity contribution in [3.8, 4) is 0 Å². The fourth-order valence-corrected chi connectivity index (χ4v) is 1.23. The molecule has 0 spiro atoms. The van der Waals surface area contributed by atoms with Crippen LogP contribution in [-0.4, -0.2) is 29.0 Å². The molecule has 5 N–H and O–H groups in total. The lowest BCUT2D eigenvalue weighted by Gasteiger charge is -2.15. The standard InChI is InChI=1S/C9H13F3N6O/c1-4(7(19)14-2)15-5-3-6(18-13)17-8(16-5)9(10,11)12/h3-4H,13H2,1-2H3,(H,14,19)(H2,15,16,17,18). The summed E-state index contributed by atoms with van der Waals surface area (Å²) in [7, 11) is 1.41. The Kier molecular flexibility index (Phi) is 4.48. The van der Waals surface area contributed by atoms with Gasteiger partial charge in [-0.25, -0.2) is 15.8 Å². The Morgan fingerprint density at radius 2 is 1.95 bits per heavy atom. The van der Waals surface area contributed by atoms with Crippen molar-refractivity contribution in [2.45, 2.75) is 19.1 Å². The largest absolute Gasteiger partial charge is 0.451 e. The number of aromatic nitrogens is 2. The lowest BCUT2D eigenvalue weighted by atomic mass is 10.3. The third-order valence-electron chi connectivity index (χ3n) is 2.13. The molecule has 0 aromatic carbocycles. The van der Waals surface area contributed by atoms with Crippen LogP contribution in [0.25, 0.3) is 0 Å². The summed E-state index contributed by atoms with van der Waals surface area (Å²) in [5, 5.41) is 4.87. The van der Waals surface area contributed by atoms with E-state index >= 15 is 0 Å². The first-order valence-electron chi connectivity index (χ1n) is 5.19. The molecule has 0 saturated heterocycles. The van der Waals surface area contributed by atoms with E-state index in [-0.39, 0.29) is 11.6 Å². The number of carbonyl (C=O) groups excluding carboxylic acids is 1. The van der Waals surface area contributed by atoms with Gasteiger partial charge in [0.05, 0.1) is 0 Å². The van der Waals surface area contributed by atoms with Gasteiger partial charge in [0.25, 0.3) is 0 Å². The van der Waals surface area contributed by atoms with Crippen LogP contribution in [0.1, 0.15) is 12.7 Å². The molecule has 1 aromatic heterocycles. The maximum Gasteiger partial charge on any atom is 0.451 e. The number of hydrogen-bond acceptors (Lipinski definition) is 6. The van der Waals surface area contributed by atoms with Gasteiger partial charge in [0, 0.05) is 13.1 Å². The van der Waals surface area contributed by atoms with Crippen molar-refractivity contribution < 1.29 is 18.0 Å². The number of carbonyl (C=O) groups is 1. The minimum atomic E-state index is -4.71. The van der Waals surface area contributed by atoms with E-state index in [0.717, 1.165) is 6.07 Å². The van der Waals surface area contributed by atoms with E-state index in [2.05, 4.69) is 20.6 Å². The third kappa shape index (κ3) is 3.95. The van der Waals surface area contributed by atoms with Crippen LogP contribution in [0.4, 0.5) is 24.8 Å². The van der Waals surface area contributed by atoms with Crippen LogP contribution < -0.4 is 21.9 Å². The Morgan fingerprint density at radius 1 is 1.37 bits per heavy atom. The number of nitrogens with two attached hydrogens (primary N) is 1. The van der Waals surface area contributed by atoms with Gasteiger partial charge in [0.2, 0.25) is 11.7 Å². The van der Waals surface area contributed by atoms with Crippen molar-refractivity contribution in [1.82, 2.24) is 15.3 Å². The smallest absolute Gasteiger partial charge is 0.358 e. The SMILES string of the molecule is CNC(=O)C(C)Nc1cc(NN)nc(C(F)(F)F)n1. The Labute approximate surface area is 106 Å². The van der Waals surface area contributed by atoms with E-state index in [1.165, 1.54) is 14.0 Å². The molecule has 1 unspecified atom stereocenters. The molecular weight excluding hydrogens is 265 g/mol. The molecule has 106 valence electrons. The fourth-order valence-electron chi connectivity index (χ4n) is 1.23. The van der Waals surface area contributed by atoms with Crippen LogP contribution >= 0.6 is 0 Å². The number of likely N-dealkylation sites (N-methyl/N-ethyl adjacent to an activating group) is 1. The van der Waals surface area contributed by atoms with Crippen LogP contribution in [0.15, 0.2) is 6.07 Å². The number of anilines is 2. The molecule has 19 heavy (non-hydrogen) atoms. The molecule has 1 heterocycles. The third-order valence-corrected chi connectivity index (χ3v) is 2.13. The number of hydrogen-bond donors (Lipinski definition) is 4. The first-order valence-corrected chi connectivity index (χ1v) is 5.19. The van der Waals surface area contributed by atoms with Crippen LogP contribution in [0, 0.1) is 0 Å². The number of amides is 1. The van der Waals surface area contributed by atoms with Gasteiger partial charge >= 0.3 is 6.18 Å². The number of rotatable bonds is 4. The molecule has 0 aliphatic carbocycles. The summed E-state index contributed by atoms with van der Waals surface area (Å²) >= 11 is 0. The summed E-state index contributed by atoms with van der Waals surface area (Å²) < 4.78 is 37.6. The molecule has 10 heteroatoms. The van der Waals surface area contributed by atoms with Gasteiger partial charge in [-0.3, -0.25) is 4.79 Å². The van der Waals surface area contributed by atoms with Gasteiger partial charge < -0.3 is 16.1 Å². The molecule has 1 rings (SSSR count). The second-order valence-electron chi connectivity index (χ2n) is 3.58. The molecule has 1 aromatic rings. The van der Waals surface area contributed by atoms with Crippen LogP contribution in [0.3, 0.4) is 0 Å². The van der Waals surface area contributed by atoms with Gasteiger partial charge in [-0.15, -0.1) is 0 Å². The van der Waals surface area contributed by atoms with Gasteiger partial charge in [-0.05, 0) is 6.92 Å². The lowest BCUT2D eigenvalue weighted by molar-refractivity contribution is -0.144. The number of nitrogens with one attached hydrogen (secondary N) is 3. The number of halogens is 3. The Morgan fingerprint density at radius 3 is 2.42 bits per heavy atom. The maximum atomic E-state index is 12.5. The average Bonchev–Trinajstić information content (AvgIpc) is 2.36. The fraction of sp³-hybridized carbons (Fsp3) is 0.444. The zero-order chi connectivity index (χ0) is 14.6. The van der Waals surface area contributed by atoms with Gasteiger partial charge in [0.15, 0.2) is 0 Å². The van der Waals surface area contributed by atoms with Gasteiger partial charge in [0.1, 0.15) is 17.7 Å². The molecular formula is C9H13F3N6O. The van der Waals surface area contributed by atoms with Crippen LogP contribution in [-0.2, 0) is 11.0 Å². The van der Waals surface area contributed by atoms with Crippen molar-refractivity contribution in [2.24, 2.45) is 5.84 Å². The van der Waals surface area contributed by atoms with E-state index < -0.39 is 23.9 Å². The highest BCUT2D eigenvalue weighted by Crippen LogP contribution is 2.28.